The van der Waals surface area contributed by atoms with E-state index in [4.69, 9.17) is 16.3 Å². The van der Waals surface area contributed by atoms with Crippen molar-refractivity contribution in [2.24, 2.45) is 0 Å². The molecule has 1 unspecified atom stereocenters. The zero-order valence-electron chi connectivity index (χ0n) is 23.7. The molecule has 0 saturated heterocycles. The number of benzene rings is 2. The van der Waals surface area contributed by atoms with Crippen LogP contribution in [0.1, 0.15) is 50.8 Å². The Morgan fingerprint density at radius 2 is 1.64 bits per heavy atom. The molecule has 0 aliphatic rings. The molecule has 16 heteroatoms. The van der Waals surface area contributed by atoms with Crippen LogP contribution in [0.25, 0.3) is 11.4 Å². The van der Waals surface area contributed by atoms with Gasteiger partial charge in [0.05, 0.1) is 18.2 Å². The van der Waals surface area contributed by atoms with Gasteiger partial charge in [-0.3, -0.25) is 9.36 Å². The number of halogens is 7. The Morgan fingerprint density at radius 1 is 1.02 bits per heavy atom. The molecule has 9 nitrogen and oxygen atoms in total. The Morgan fingerprint density at radius 3 is 2.20 bits per heavy atom. The van der Waals surface area contributed by atoms with Crippen LogP contribution in [0.2, 0.25) is 5.02 Å². The summed E-state index contributed by atoms with van der Waals surface area (Å²) in [5.74, 6) is -1.01. The van der Waals surface area contributed by atoms with E-state index in [2.05, 4.69) is 10.4 Å². The molecule has 1 amide bonds. The molecule has 0 aliphatic heterocycles. The van der Waals surface area contributed by atoms with Gasteiger partial charge in [0, 0.05) is 17.0 Å². The number of rotatable bonds is 10. The molecule has 0 saturated carbocycles. The number of aliphatic hydroxyl groups excluding tert-OH is 1. The highest BCUT2D eigenvalue weighted by Crippen LogP contribution is 2.36. The number of alkyl halides is 6. The Balaban J connectivity index is 1.89. The van der Waals surface area contributed by atoms with Gasteiger partial charge in [0.25, 0.3) is 0 Å². The van der Waals surface area contributed by atoms with Gasteiger partial charge in [0.2, 0.25) is 0 Å². The van der Waals surface area contributed by atoms with Crippen LogP contribution in [-0.2, 0) is 28.8 Å². The topological polar surface area (TPSA) is 115 Å². The van der Waals surface area contributed by atoms with Gasteiger partial charge < -0.3 is 15.2 Å². The van der Waals surface area contributed by atoms with Crippen molar-refractivity contribution in [3.8, 4) is 11.4 Å². The molecule has 2 atom stereocenters. The van der Waals surface area contributed by atoms with Crippen molar-refractivity contribution in [2.75, 3.05) is 0 Å². The van der Waals surface area contributed by atoms with Crippen molar-refractivity contribution in [2.45, 2.75) is 76.8 Å². The third-order valence-corrected chi connectivity index (χ3v) is 6.38. The van der Waals surface area contributed by atoms with Crippen LogP contribution in [0, 0.1) is 0 Å². The number of carbonyl (C=O) groups excluding carboxylic acids is 2. The summed E-state index contributed by atoms with van der Waals surface area (Å²) in [7, 11) is 0. The molecular formula is C28H29ClF6N4O5. The van der Waals surface area contributed by atoms with Gasteiger partial charge in [-0.2, -0.15) is 26.3 Å². The Bertz CT molecular complexity index is 1530. The summed E-state index contributed by atoms with van der Waals surface area (Å²) < 4.78 is 86.9. The number of hydrogen-bond donors (Lipinski definition) is 2. The fourth-order valence-electron chi connectivity index (χ4n) is 4.16. The zero-order chi connectivity index (χ0) is 33.0. The van der Waals surface area contributed by atoms with E-state index in [1.807, 2.05) is 0 Å². The highest BCUT2D eigenvalue weighted by atomic mass is 35.5. The molecule has 3 aromatic rings. The highest BCUT2D eigenvalue weighted by molar-refractivity contribution is 6.30. The van der Waals surface area contributed by atoms with Crippen molar-refractivity contribution in [1.82, 2.24) is 19.7 Å². The third-order valence-electron chi connectivity index (χ3n) is 6.13. The lowest BCUT2D eigenvalue weighted by Gasteiger charge is -2.25. The minimum absolute atomic E-state index is 0.164. The van der Waals surface area contributed by atoms with Gasteiger partial charge in [-0.05, 0) is 63.1 Å². The van der Waals surface area contributed by atoms with Gasteiger partial charge in [0.1, 0.15) is 12.1 Å². The third kappa shape index (κ3) is 9.32. The minimum Gasteiger partial charge on any atom is -0.444 e. The van der Waals surface area contributed by atoms with Crippen molar-refractivity contribution in [3.63, 3.8) is 0 Å². The SMILES string of the molecule is CC(C)(C)OC(=O)NC(CCC(=O)Cn1nc(-c2ccc(Cl)cc2)n(C[C@H](O)C(F)(F)F)c1=O)c1ccccc1C(F)(F)F. The van der Waals surface area contributed by atoms with Crippen LogP contribution < -0.4 is 11.0 Å². The lowest BCUT2D eigenvalue weighted by atomic mass is 9.95. The van der Waals surface area contributed by atoms with E-state index in [1.54, 1.807) is 20.8 Å². The average molecular weight is 651 g/mol. The number of carbonyl (C=O) groups is 2. The van der Waals surface area contributed by atoms with E-state index in [1.165, 1.54) is 36.4 Å². The molecular weight excluding hydrogens is 622 g/mol. The Hall–Kier alpha value is -3.85. The number of nitrogens with zero attached hydrogens (tertiary/aromatic N) is 3. The highest BCUT2D eigenvalue weighted by Gasteiger charge is 2.40. The second-order valence-electron chi connectivity index (χ2n) is 10.8. The molecule has 0 radical (unpaired) electrons. The van der Waals surface area contributed by atoms with Gasteiger partial charge in [-0.1, -0.05) is 29.8 Å². The van der Waals surface area contributed by atoms with Crippen molar-refractivity contribution < 1.29 is 45.8 Å². The quantitative estimate of drug-likeness (QED) is 0.263. The number of alkyl carbamates (subject to hydrolysis) is 1. The first kappa shape index (κ1) is 34.6. The second kappa shape index (κ2) is 13.4. The number of ether oxygens (including phenoxy) is 1. The molecule has 0 fully saturated rings. The number of nitrogens with one attached hydrogen (secondary N) is 1. The first-order valence-corrected chi connectivity index (χ1v) is 13.5. The lowest BCUT2D eigenvalue weighted by Crippen LogP contribution is -2.37. The summed E-state index contributed by atoms with van der Waals surface area (Å²) >= 11 is 5.87. The number of aliphatic hydroxyl groups is 1. The van der Waals surface area contributed by atoms with Gasteiger partial charge in [0.15, 0.2) is 17.7 Å². The number of ketones is 1. The fraction of sp³-hybridized carbons (Fsp3) is 0.429. The molecule has 1 heterocycles. The number of amides is 1. The molecule has 2 aromatic carbocycles. The van der Waals surface area contributed by atoms with Crippen LogP contribution in [0.15, 0.2) is 53.3 Å². The second-order valence-corrected chi connectivity index (χ2v) is 11.2. The van der Waals surface area contributed by atoms with Crippen LogP contribution >= 0.6 is 11.6 Å². The van der Waals surface area contributed by atoms with E-state index in [0.717, 1.165) is 12.1 Å². The summed E-state index contributed by atoms with van der Waals surface area (Å²) in [6.45, 7) is 2.69. The molecule has 1 aromatic heterocycles. The standard InChI is InChI=1S/C28H29ClF6N4O5/c1-26(2,3)44-24(42)36-21(19-6-4-5-7-20(19)27(30,31)32)13-12-18(40)14-39-25(43)38(15-22(41)28(33,34)35)23(37-39)16-8-10-17(29)11-9-16/h4-11,21-22,41H,12-15H2,1-3H3,(H,36,42)/t21?,22-/m0/s1. The minimum atomic E-state index is -5.06. The van der Waals surface area contributed by atoms with Gasteiger partial charge in [-0.25, -0.2) is 14.3 Å². The Kier molecular flexibility index (Phi) is 10.6. The molecule has 44 heavy (non-hydrogen) atoms. The van der Waals surface area contributed by atoms with E-state index >= 15 is 0 Å². The van der Waals surface area contributed by atoms with E-state index < -0.39 is 72.7 Å². The molecule has 240 valence electrons. The van der Waals surface area contributed by atoms with Crippen LogP contribution in [0.4, 0.5) is 31.1 Å². The molecule has 0 aliphatic carbocycles. The molecule has 0 bridgehead atoms. The molecule has 3 rings (SSSR count). The van der Waals surface area contributed by atoms with Gasteiger partial charge >= 0.3 is 24.1 Å². The summed E-state index contributed by atoms with van der Waals surface area (Å²) in [5, 5.41) is 16.3. The van der Waals surface area contributed by atoms with Crippen molar-refractivity contribution in [1.29, 1.82) is 0 Å². The van der Waals surface area contributed by atoms with Gasteiger partial charge in [-0.15, -0.1) is 5.10 Å². The monoisotopic (exact) mass is 650 g/mol. The predicted octanol–water partition coefficient (Wildman–Crippen LogP) is 5.92. The normalized spacial score (nSPS) is 13.8. The summed E-state index contributed by atoms with van der Waals surface area (Å²) in [6, 6.07) is 8.66. The number of Topliss-reactive ketones (excluding diaryl/α,β-unsaturated/α-hetero) is 1. The summed E-state index contributed by atoms with van der Waals surface area (Å²) in [6.07, 6.45) is -14.6. The maximum absolute atomic E-state index is 13.8. The Labute approximate surface area is 252 Å². The van der Waals surface area contributed by atoms with Crippen LogP contribution in [0.5, 0.6) is 0 Å². The average Bonchev–Trinajstić information content (AvgIpc) is 3.19. The fourth-order valence-corrected chi connectivity index (χ4v) is 4.29. The van der Waals surface area contributed by atoms with E-state index in [-0.39, 0.29) is 28.4 Å². The lowest BCUT2D eigenvalue weighted by molar-refractivity contribution is -0.207. The van der Waals surface area contributed by atoms with E-state index in [0.29, 0.717) is 9.25 Å². The number of hydrogen-bond acceptors (Lipinski definition) is 6. The smallest absolute Gasteiger partial charge is 0.416 e. The number of aromatic nitrogens is 3. The molecule has 0 spiro atoms. The largest absolute Gasteiger partial charge is 0.444 e. The zero-order valence-corrected chi connectivity index (χ0v) is 24.4. The first-order chi connectivity index (χ1) is 20.3. The van der Waals surface area contributed by atoms with Crippen molar-refractivity contribution in [3.05, 3.63) is 75.2 Å². The van der Waals surface area contributed by atoms with Crippen LogP contribution in [-0.4, -0.2) is 49.2 Å². The maximum atomic E-state index is 13.8. The molecule has 2 N–H and O–H groups in total. The van der Waals surface area contributed by atoms with E-state index in [9.17, 15) is 45.8 Å². The summed E-state index contributed by atoms with van der Waals surface area (Å²) in [5.41, 5.74) is -3.32. The predicted molar refractivity (Wildman–Crippen MR) is 147 cm³/mol. The van der Waals surface area contributed by atoms with Crippen LogP contribution in [0.3, 0.4) is 0 Å². The van der Waals surface area contributed by atoms with Crippen molar-refractivity contribution >= 4 is 23.5 Å². The first-order valence-electron chi connectivity index (χ1n) is 13.1. The maximum Gasteiger partial charge on any atom is 0.416 e. The summed E-state index contributed by atoms with van der Waals surface area (Å²) in [4.78, 5) is 38.5.